The average molecular weight is 230 g/mol. The molecule has 1 heterocycles. The first-order chi connectivity index (χ1) is 7.19. The minimum Gasteiger partial charge on any atom is -0.249 e. The van der Waals surface area contributed by atoms with Crippen LogP contribution in [0.3, 0.4) is 0 Å². The highest BCUT2D eigenvalue weighted by Crippen LogP contribution is 2.12. The minimum absolute atomic E-state index is 0.469. The third-order valence-corrected chi connectivity index (χ3v) is 2.70. The lowest BCUT2D eigenvalue weighted by Crippen LogP contribution is -2.08. The number of nitrogens with zero attached hydrogens (tertiary/aromatic N) is 3. The number of aromatic nitrogens is 3. The topological polar surface area (TPSA) is 30.7 Å². The molecule has 0 N–H and O–H groups in total. The van der Waals surface area contributed by atoms with Gasteiger partial charge in [-0.05, 0) is 18.8 Å². The van der Waals surface area contributed by atoms with Gasteiger partial charge >= 0.3 is 0 Å². The molecule has 1 rings (SSSR count). The van der Waals surface area contributed by atoms with Crippen molar-refractivity contribution in [1.29, 1.82) is 0 Å². The summed E-state index contributed by atoms with van der Waals surface area (Å²) in [5.41, 5.74) is 2.16. The van der Waals surface area contributed by atoms with Gasteiger partial charge in [0.25, 0.3) is 0 Å². The van der Waals surface area contributed by atoms with Crippen molar-refractivity contribution in [3.63, 3.8) is 0 Å². The Morgan fingerprint density at radius 2 is 2.13 bits per heavy atom. The fourth-order valence-corrected chi connectivity index (χ4v) is 1.75. The highest BCUT2D eigenvalue weighted by molar-refractivity contribution is 6.16. The Morgan fingerprint density at radius 3 is 2.67 bits per heavy atom. The van der Waals surface area contributed by atoms with Crippen LogP contribution < -0.4 is 0 Å². The minimum atomic E-state index is 0.469. The maximum absolute atomic E-state index is 5.83. The maximum Gasteiger partial charge on any atom is 0.101 e. The Bertz CT molecular complexity index is 294. The second-order valence-corrected chi connectivity index (χ2v) is 4.54. The van der Waals surface area contributed by atoms with Gasteiger partial charge < -0.3 is 0 Å². The summed E-state index contributed by atoms with van der Waals surface area (Å²) >= 11 is 5.83. The highest BCUT2D eigenvalue weighted by atomic mass is 35.5. The van der Waals surface area contributed by atoms with E-state index < -0.39 is 0 Å². The molecule has 0 fully saturated rings. The van der Waals surface area contributed by atoms with Gasteiger partial charge in [-0.3, -0.25) is 0 Å². The molecule has 0 unspecified atom stereocenters. The van der Waals surface area contributed by atoms with Crippen molar-refractivity contribution in [1.82, 2.24) is 15.0 Å². The SMILES string of the molecule is CCCc1c(CCl)nnn1CCC(C)C. The summed E-state index contributed by atoms with van der Waals surface area (Å²) in [6.07, 6.45) is 3.27. The Kier molecular flexibility index (Phi) is 5.09. The molecule has 86 valence electrons. The van der Waals surface area contributed by atoms with Crippen LogP contribution in [0.2, 0.25) is 0 Å². The van der Waals surface area contributed by atoms with Crippen molar-refractivity contribution >= 4 is 11.6 Å². The van der Waals surface area contributed by atoms with Crippen LogP contribution in [0.1, 0.15) is 45.0 Å². The maximum atomic E-state index is 5.83. The normalized spacial score (nSPS) is 11.3. The first-order valence-electron chi connectivity index (χ1n) is 5.66. The lowest BCUT2D eigenvalue weighted by Gasteiger charge is -2.08. The van der Waals surface area contributed by atoms with E-state index in [9.17, 15) is 0 Å². The van der Waals surface area contributed by atoms with Crippen molar-refractivity contribution < 1.29 is 0 Å². The molecule has 0 saturated heterocycles. The van der Waals surface area contributed by atoms with Gasteiger partial charge in [0.2, 0.25) is 0 Å². The van der Waals surface area contributed by atoms with Crippen molar-refractivity contribution in [3.8, 4) is 0 Å². The number of hydrogen-bond acceptors (Lipinski definition) is 2. The molecule has 1 aromatic heterocycles. The van der Waals surface area contributed by atoms with E-state index in [1.165, 1.54) is 5.69 Å². The summed E-state index contributed by atoms with van der Waals surface area (Å²) in [5, 5.41) is 8.27. The lowest BCUT2D eigenvalue weighted by atomic mass is 10.1. The monoisotopic (exact) mass is 229 g/mol. The molecule has 4 heteroatoms. The lowest BCUT2D eigenvalue weighted by molar-refractivity contribution is 0.466. The van der Waals surface area contributed by atoms with Gasteiger partial charge in [0.05, 0.1) is 11.6 Å². The molecule has 0 spiro atoms. The molecule has 0 aliphatic rings. The van der Waals surface area contributed by atoms with Crippen LogP contribution in [0.15, 0.2) is 0 Å². The molecular formula is C11H20ClN3. The number of aryl methyl sites for hydroxylation is 1. The molecular weight excluding hydrogens is 210 g/mol. The quantitative estimate of drug-likeness (QED) is 0.703. The second kappa shape index (κ2) is 6.11. The number of rotatable bonds is 6. The summed E-state index contributed by atoms with van der Waals surface area (Å²) in [5.74, 6) is 1.17. The largest absolute Gasteiger partial charge is 0.249 e. The summed E-state index contributed by atoms with van der Waals surface area (Å²) in [7, 11) is 0. The van der Waals surface area contributed by atoms with Crippen LogP contribution in [-0.2, 0) is 18.8 Å². The third kappa shape index (κ3) is 3.49. The van der Waals surface area contributed by atoms with Crippen LogP contribution in [0.25, 0.3) is 0 Å². The van der Waals surface area contributed by atoms with Crippen LogP contribution in [-0.4, -0.2) is 15.0 Å². The first kappa shape index (κ1) is 12.5. The average Bonchev–Trinajstić information content (AvgIpc) is 2.58. The van der Waals surface area contributed by atoms with Gasteiger partial charge in [0.15, 0.2) is 0 Å². The van der Waals surface area contributed by atoms with E-state index in [4.69, 9.17) is 11.6 Å². The molecule has 0 bridgehead atoms. The van der Waals surface area contributed by atoms with Crippen molar-refractivity contribution in [3.05, 3.63) is 11.4 Å². The zero-order valence-corrected chi connectivity index (χ0v) is 10.6. The van der Waals surface area contributed by atoms with Gasteiger partial charge in [-0.15, -0.1) is 16.7 Å². The van der Waals surface area contributed by atoms with E-state index in [0.29, 0.717) is 11.8 Å². The van der Waals surface area contributed by atoms with Crippen molar-refractivity contribution in [2.24, 2.45) is 5.92 Å². The molecule has 0 amide bonds. The number of hydrogen-bond donors (Lipinski definition) is 0. The molecule has 0 aliphatic heterocycles. The van der Waals surface area contributed by atoms with E-state index in [-0.39, 0.29) is 0 Å². The fraction of sp³-hybridized carbons (Fsp3) is 0.818. The van der Waals surface area contributed by atoms with Crippen LogP contribution in [0, 0.1) is 5.92 Å². The molecule has 1 aromatic rings. The van der Waals surface area contributed by atoms with Crippen molar-refractivity contribution in [2.45, 2.75) is 52.5 Å². The highest BCUT2D eigenvalue weighted by Gasteiger charge is 2.10. The van der Waals surface area contributed by atoms with E-state index >= 15 is 0 Å². The van der Waals surface area contributed by atoms with E-state index in [1.54, 1.807) is 0 Å². The number of alkyl halides is 1. The molecule has 15 heavy (non-hydrogen) atoms. The predicted octanol–water partition coefficient (Wildman–Crippen LogP) is 3.02. The van der Waals surface area contributed by atoms with Crippen LogP contribution in [0.5, 0.6) is 0 Å². The summed E-state index contributed by atoms with van der Waals surface area (Å²) in [6.45, 7) is 7.56. The Morgan fingerprint density at radius 1 is 1.40 bits per heavy atom. The van der Waals surface area contributed by atoms with Gasteiger partial charge in [0, 0.05) is 6.54 Å². The van der Waals surface area contributed by atoms with Crippen LogP contribution >= 0.6 is 11.6 Å². The molecule has 0 saturated carbocycles. The van der Waals surface area contributed by atoms with Gasteiger partial charge in [-0.2, -0.15) is 0 Å². The van der Waals surface area contributed by atoms with Gasteiger partial charge in [-0.1, -0.05) is 32.4 Å². The zero-order valence-electron chi connectivity index (χ0n) is 9.83. The molecule has 0 aliphatic carbocycles. The Labute approximate surface area is 96.8 Å². The predicted molar refractivity (Wildman–Crippen MR) is 63.0 cm³/mol. The standard InChI is InChI=1S/C11H20ClN3/c1-4-5-11-10(8-12)13-14-15(11)7-6-9(2)3/h9H,4-8H2,1-3H3. The first-order valence-corrected chi connectivity index (χ1v) is 6.19. The Hall–Kier alpha value is -0.570. The third-order valence-electron chi connectivity index (χ3n) is 2.45. The molecule has 3 nitrogen and oxygen atoms in total. The molecule has 0 aromatic carbocycles. The zero-order chi connectivity index (χ0) is 11.3. The second-order valence-electron chi connectivity index (χ2n) is 4.27. The van der Waals surface area contributed by atoms with Crippen LogP contribution in [0.4, 0.5) is 0 Å². The fourth-order valence-electron chi connectivity index (χ4n) is 1.54. The van der Waals surface area contributed by atoms with Crippen molar-refractivity contribution in [2.75, 3.05) is 0 Å². The van der Waals surface area contributed by atoms with E-state index in [1.807, 2.05) is 4.68 Å². The summed E-state index contributed by atoms with van der Waals surface area (Å²) in [6, 6.07) is 0. The smallest absolute Gasteiger partial charge is 0.101 e. The van der Waals surface area contributed by atoms with E-state index in [0.717, 1.165) is 31.5 Å². The van der Waals surface area contributed by atoms with Gasteiger partial charge in [0.1, 0.15) is 5.69 Å². The summed E-state index contributed by atoms with van der Waals surface area (Å²) < 4.78 is 2.02. The molecule has 0 radical (unpaired) electrons. The summed E-state index contributed by atoms with van der Waals surface area (Å²) in [4.78, 5) is 0. The molecule has 0 atom stereocenters. The Balaban J connectivity index is 2.72. The number of halogens is 1. The van der Waals surface area contributed by atoms with Gasteiger partial charge in [-0.25, -0.2) is 4.68 Å². The van der Waals surface area contributed by atoms with E-state index in [2.05, 4.69) is 31.1 Å².